The molecule has 128 valence electrons. The average Bonchev–Trinajstić information content (AvgIpc) is 2.59. The minimum absolute atomic E-state index is 0.101. The van der Waals surface area contributed by atoms with Gasteiger partial charge in [-0.3, -0.25) is 9.36 Å². The van der Waals surface area contributed by atoms with Crippen molar-refractivity contribution in [2.45, 2.75) is 19.8 Å². The Morgan fingerprint density at radius 1 is 1.16 bits per heavy atom. The molecule has 0 fully saturated rings. The zero-order valence-corrected chi connectivity index (χ0v) is 13.9. The number of nitrogens with one attached hydrogen (secondary N) is 1. The van der Waals surface area contributed by atoms with Crippen LogP contribution in [0.4, 0.5) is 4.79 Å². The SMILES string of the molecule is Cc1cccc2nc(CCCNC(=O)O)n(-c3ccccc3)c(=O)c12. The Labute approximate surface area is 144 Å². The van der Waals surface area contributed by atoms with E-state index in [0.717, 1.165) is 11.3 Å². The molecule has 3 rings (SSSR count). The van der Waals surface area contributed by atoms with Gasteiger partial charge in [0.2, 0.25) is 0 Å². The lowest BCUT2D eigenvalue weighted by molar-refractivity contribution is 0.194. The molecular weight excluding hydrogens is 318 g/mol. The van der Waals surface area contributed by atoms with Gasteiger partial charge >= 0.3 is 6.09 Å². The summed E-state index contributed by atoms with van der Waals surface area (Å²) in [4.78, 5) is 28.4. The van der Waals surface area contributed by atoms with Crippen LogP contribution in [0.5, 0.6) is 0 Å². The number of para-hydroxylation sites is 1. The van der Waals surface area contributed by atoms with Crippen LogP contribution < -0.4 is 10.9 Å². The second-order valence-electron chi connectivity index (χ2n) is 5.81. The van der Waals surface area contributed by atoms with Crippen molar-refractivity contribution in [2.75, 3.05) is 6.54 Å². The average molecular weight is 337 g/mol. The predicted molar refractivity (Wildman–Crippen MR) is 96.4 cm³/mol. The molecule has 0 unspecified atom stereocenters. The Balaban J connectivity index is 2.10. The third-order valence-electron chi connectivity index (χ3n) is 4.04. The van der Waals surface area contributed by atoms with Crippen molar-refractivity contribution in [2.24, 2.45) is 0 Å². The summed E-state index contributed by atoms with van der Waals surface area (Å²) in [5.41, 5.74) is 2.21. The number of aromatic nitrogens is 2. The molecule has 3 aromatic rings. The van der Waals surface area contributed by atoms with Crippen LogP contribution in [-0.2, 0) is 6.42 Å². The monoisotopic (exact) mass is 337 g/mol. The van der Waals surface area contributed by atoms with Crippen LogP contribution >= 0.6 is 0 Å². The Morgan fingerprint density at radius 2 is 1.92 bits per heavy atom. The highest BCUT2D eigenvalue weighted by Gasteiger charge is 2.14. The normalized spacial score (nSPS) is 10.8. The fourth-order valence-corrected chi connectivity index (χ4v) is 2.89. The molecule has 0 saturated carbocycles. The van der Waals surface area contributed by atoms with Crippen LogP contribution in [0.3, 0.4) is 0 Å². The summed E-state index contributed by atoms with van der Waals surface area (Å²) in [6.07, 6.45) is -0.000429. The van der Waals surface area contributed by atoms with Gasteiger partial charge in [0.15, 0.2) is 0 Å². The molecule has 0 saturated heterocycles. The Hall–Kier alpha value is -3.15. The van der Waals surface area contributed by atoms with Gasteiger partial charge in [-0.2, -0.15) is 0 Å². The lowest BCUT2D eigenvalue weighted by atomic mass is 10.1. The van der Waals surface area contributed by atoms with E-state index in [1.165, 1.54) is 0 Å². The van der Waals surface area contributed by atoms with Crippen molar-refractivity contribution in [1.82, 2.24) is 14.9 Å². The molecule has 0 aliphatic rings. The smallest absolute Gasteiger partial charge is 0.404 e. The van der Waals surface area contributed by atoms with E-state index >= 15 is 0 Å². The molecule has 6 nitrogen and oxygen atoms in total. The summed E-state index contributed by atoms with van der Waals surface area (Å²) >= 11 is 0. The van der Waals surface area contributed by atoms with Gasteiger partial charge in [-0.1, -0.05) is 30.3 Å². The van der Waals surface area contributed by atoms with Crippen LogP contribution in [0.1, 0.15) is 17.8 Å². The number of hydrogen-bond donors (Lipinski definition) is 2. The number of carbonyl (C=O) groups is 1. The van der Waals surface area contributed by atoms with Crippen molar-refractivity contribution < 1.29 is 9.90 Å². The maximum absolute atomic E-state index is 13.1. The number of benzene rings is 2. The van der Waals surface area contributed by atoms with E-state index in [4.69, 9.17) is 5.11 Å². The molecule has 0 aliphatic carbocycles. The van der Waals surface area contributed by atoms with E-state index in [2.05, 4.69) is 10.3 Å². The number of fused-ring (bicyclic) bond motifs is 1. The van der Waals surface area contributed by atoms with Gasteiger partial charge < -0.3 is 10.4 Å². The highest BCUT2D eigenvalue weighted by atomic mass is 16.4. The fraction of sp³-hybridized carbons (Fsp3) is 0.211. The van der Waals surface area contributed by atoms with Crippen molar-refractivity contribution >= 4 is 17.0 Å². The highest BCUT2D eigenvalue weighted by molar-refractivity contribution is 5.81. The molecule has 1 amide bonds. The van der Waals surface area contributed by atoms with Crippen LogP contribution in [0.25, 0.3) is 16.6 Å². The number of hydrogen-bond acceptors (Lipinski definition) is 3. The van der Waals surface area contributed by atoms with Gasteiger partial charge in [0.25, 0.3) is 5.56 Å². The number of carboxylic acid groups (broad SMARTS) is 1. The van der Waals surface area contributed by atoms with Crippen molar-refractivity contribution in [3.8, 4) is 5.69 Å². The first-order valence-electron chi connectivity index (χ1n) is 8.11. The number of amides is 1. The van der Waals surface area contributed by atoms with Gasteiger partial charge in [-0.25, -0.2) is 9.78 Å². The molecule has 2 aromatic carbocycles. The predicted octanol–water partition coefficient (Wildman–Crippen LogP) is 2.89. The lowest BCUT2D eigenvalue weighted by Crippen LogP contribution is -2.26. The van der Waals surface area contributed by atoms with Crippen molar-refractivity contribution in [1.29, 1.82) is 0 Å². The van der Waals surface area contributed by atoms with Crippen molar-refractivity contribution in [3.05, 3.63) is 70.3 Å². The topological polar surface area (TPSA) is 84.2 Å². The summed E-state index contributed by atoms with van der Waals surface area (Å²) in [5.74, 6) is 0.626. The third-order valence-corrected chi connectivity index (χ3v) is 4.04. The molecule has 6 heteroatoms. The molecule has 0 bridgehead atoms. The molecule has 0 spiro atoms. The maximum Gasteiger partial charge on any atom is 0.404 e. The lowest BCUT2D eigenvalue weighted by Gasteiger charge is -2.14. The molecule has 0 atom stereocenters. The van der Waals surface area contributed by atoms with Crippen LogP contribution in [0, 0.1) is 6.92 Å². The van der Waals surface area contributed by atoms with Gasteiger partial charge in [-0.15, -0.1) is 0 Å². The first kappa shape index (κ1) is 16.7. The van der Waals surface area contributed by atoms with E-state index in [0.29, 0.717) is 36.1 Å². The first-order chi connectivity index (χ1) is 12.1. The fourth-order valence-electron chi connectivity index (χ4n) is 2.89. The molecule has 0 radical (unpaired) electrons. The summed E-state index contributed by atoms with van der Waals surface area (Å²) in [7, 11) is 0. The summed E-state index contributed by atoms with van der Waals surface area (Å²) < 4.78 is 1.62. The van der Waals surface area contributed by atoms with E-state index in [9.17, 15) is 9.59 Å². The quantitative estimate of drug-likeness (QED) is 0.701. The van der Waals surface area contributed by atoms with Crippen LogP contribution in [-0.4, -0.2) is 27.3 Å². The summed E-state index contributed by atoms with van der Waals surface area (Å²) in [6, 6.07) is 15.0. The Morgan fingerprint density at radius 3 is 2.64 bits per heavy atom. The molecule has 0 aliphatic heterocycles. The largest absolute Gasteiger partial charge is 0.465 e. The van der Waals surface area contributed by atoms with E-state index in [1.54, 1.807) is 4.57 Å². The van der Waals surface area contributed by atoms with E-state index < -0.39 is 6.09 Å². The first-order valence-corrected chi connectivity index (χ1v) is 8.11. The molecule has 2 N–H and O–H groups in total. The van der Waals surface area contributed by atoms with Crippen LogP contribution in [0.15, 0.2) is 53.3 Å². The highest BCUT2D eigenvalue weighted by Crippen LogP contribution is 2.16. The molecular formula is C19H19N3O3. The molecule has 1 heterocycles. The number of aryl methyl sites for hydroxylation is 2. The standard InChI is InChI=1S/C19H19N3O3/c1-13-7-5-10-15-17(13)18(23)22(14-8-3-2-4-9-14)16(21-15)11-6-12-20-19(24)25/h2-5,7-10,20H,6,11-12H2,1H3,(H,24,25). The molecule has 1 aromatic heterocycles. The van der Waals surface area contributed by atoms with Gasteiger partial charge in [0.1, 0.15) is 5.82 Å². The third kappa shape index (κ3) is 3.52. The van der Waals surface area contributed by atoms with E-state index in [1.807, 2.05) is 55.5 Å². The van der Waals surface area contributed by atoms with E-state index in [-0.39, 0.29) is 5.56 Å². The van der Waals surface area contributed by atoms with Crippen molar-refractivity contribution in [3.63, 3.8) is 0 Å². The minimum atomic E-state index is -1.05. The number of nitrogens with zero attached hydrogens (tertiary/aromatic N) is 2. The van der Waals surface area contributed by atoms with Gasteiger partial charge in [0.05, 0.1) is 16.6 Å². The molecule has 25 heavy (non-hydrogen) atoms. The Bertz CT molecular complexity index is 965. The minimum Gasteiger partial charge on any atom is -0.465 e. The second-order valence-corrected chi connectivity index (χ2v) is 5.81. The summed E-state index contributed by atoms with van der Waals surface area (Å²) in [5, 5.41) is 11.6. The second kappa shape index (κ2) is 7.17. The maximum atomic E-state index is 13.1. The summed E-state index contributed by atoms with van der Waals surface area (Å²) in [6.45, 7) is 2.21. The zero-order chi connectivity index (χ0) is 17.8. The number of rotatable bonds is 5. The van der Waals surface area contributed by atoms with Crippen LogP contribution in [0.2, 0.25) is 0 Å². The van der Waals surface area contributed by atoms with Gasteiger partial charge in [-0.05, 0) is 37.1 Å². The van der Waals surface area contributed by atoms with Gasteiger partial charge in [0, 0.05) is 13.0 Å². The zero-order valence-electron chi connectivity index (χ0n) is 13.9. The Kier molecular flexibility index (Phi) is 4.79.